The number of rotatable bonds is 4. The maximum absolute atomic E-state index is 12.8. The number of likely N-dealkylation sites (tertiary alicyclic amines) is 2. The van der Waals surface area contributed by atoms with E-state index in [4.69, 9.17) is 5.73 Å². The van der Waals surface area contributed by atoms with Gasteiger partial charge in [0.05, 0.1) is 5.69 Å². The molecule has 3 N–H and O–H groups in total. The van der Waals surface area contributed by atoms with Crippen molar-refractivity contribution in [2.24, 2.45) is 11.8 Å². The van der Waals surface area contributed by atoms with E-state index in [9.17, 15) is 9.90 Å². The highest BCUT2D eigenvalue weighted by Gasteiger charge is 2.37. The summed E-state index contributed by atoms with van der Waals surface area (Å²) in [7, 11) is 0. The number of nitrogens with zero attached hydrogens (tertiary/aromatic N) is 3. The van der Waals surface area contributed by atoms with Gasteiger partial charge in [0.25, 0.3) is 5.91 Å². The van der Waals surface area contributed by atoms with E-state index in [2.05, 4.69) is 9.88 Å². The van der Waals surface area contributed by atoms with Gasteiger partial charge >= 0.3 is 0 Å². The molecule has 24 heavy (non-hydrogen) atoms. The third-order valence-electron chi connectivity index (χ3n) is 5.30. The van der Waals surface area contributed by atoms with Gasteiger partial charge in [0.2, 0.25) is 0 Å². The van der Waals surface area contributed by atoms with Gasteiger partial charge in [-0.05, 0) is 38.8 Å². The summed E-state index contributed by atoms with van der Waals surface area (Å²) >= 11 is 1.26. The van der Waals surface area contributed by atoms with Crippen LogP contribution in [-0.4, -0.2) is 65.1 Å². The van der Waals surface area contributed by atoms with Gasteiger partial charge in [0.1, 0.15) is 4.88 Å². The molecular formula is C17H28N4O2S. The van der Waals surface area contributed by atoms with Crippen LogP contribution in [0, 0.1) is 18.8 Å². The number of nitrogen functional groups attached to an aromatic ring is 1. The number of hydrogen-bond acceptors (Lipinski definition) is 6. The Morgan fingerprint density at radius 3 is 2.50 bits per heavy atom. The zero-order valence-corrected chi connectivity index (χ0v) is 15.2. The van der Waals surface area contributed by atoms with Gasteiger partial charge in [-0.2, -0.15) is 0 Å². The fourth-order valence-corrected chi connectivity index (χ4v) is 4.73. The molecule has 2 saturated heterocycles. The van der Waals surface area contributed by atoms with Crippen LogP contribution in [0.1, 0.15) is 41.0 Å². The Hall–Kier alpha value is -1.18. The number of hydrogen-bond donors (Lipinski definition) is 2. The van der Waals surface area contributed by atoms with E-state index in [1.54, 1.807) is 0 Å². The monoisotopic (exact) mass is 352 g/mol. The normalized spacial score (nSPS) is 25.8. The lowest BCUT2D eigenvalue weighted by Gasteiger charge is -2.26. The van der Waals surface area contributed by atoms with Gasteiger partial charge in [-0.25, -0.2) is 4.98 Å². The van der Waals surface area contributed by atoms with Gasteiger partial charge in [0, 0.05) is 32.2 Å². The second-order valence-corrected chi connectivity index (χ2v) is 8.12. The molecule has 1 aromatic rings. The van der Waals surface area contributed by atoms with E-state index in [1.807, 2.05) is 11.8 Å². The standard InChI is InChI=1S/C17H28N4O2S/c1-12-15(24-17(18)19-12)16(23)21-9-13(14(10-21)11-22)8-20-6-4-2-3-5-7-20/h13-14,22H,2-11H2,1H3,(H2,18,19)/t13-,14-/m1/s1. The van der Waals surface area contributed by atoms with Crippen molar-refractivity contribution < 1.29 is 9.90 Å². The lowest BCUT2D eigenvalue weighted by molar-refractivity contribution is 0.0783. The Morgan fingerprint density at radius 1 is 1.25 bits per heavy atom. The van der Waals surface area contributed by atoms with Crippen LogP contribution in [0.4, 0.5) is 5.13 Å². The van der Waals surface area contributed by atoms with E-state index in [-0.39, 0.29) is 18.4 Å². The first-order valence-corrected chi connectivity index (χ1v) is 9.75. The minimum absolute atomic E-state index is 0.0125. The molecule has 0 aromatic carbocycles. The minimum Gasteiger partial charge on any atom is -0.396 e. The van der Waals surface area contributed by atoms with Crippen LogP contribution in [0.5, 0.6) is 0 Å². The topological polar surface area (TPSA) is 82.7 Å². The van der Waals surface area contributed by atoms with Crippen LogP contribution in [0.2, 0.25) is 0 Å². The van der Waals surface area contributed by atoms with E-state index < -0.39 is 0 Å². The zero-order chi connectivity index (χ0) is 17.1. The van der Waals surface area contributed by atoms with Gasteiger partial charge < -0.3 is 20.6 Å². The van der Waals surface area contributed by atoms with E-state index in [1.165, 1.54) is 37.0 Å². The molecule has 7 heteroatoms. The molecule has 2 atom stereocenters. The summed E-state index contributed by atoms with van der Waals surface area (Å²) < 4.78 is 0. The molecule has 0 unspecified atom stereocenters. The number of thiazole rings is 1. The fraction of sp³-hybridized carbons (Fsp3) is 0.765. The Balaban J connectivity index is 1.65. The molecule has 134 valence electrons. The number of aliphatic hydroxyl groups excluding tert-OH is 1. The maximum Gasteiger partial charge on any atom is 0.265 e. The van der Waals surface area contributed by atoms with E-state index in [0.29, 0.717) is 28.2 Å². The van der Waals surface area contributed by atoms with Crippen LogP contribution in [0.25, 0.3) is 0 Å². The minimum atomic E-state index is 0.0125. The summed E-state index contributed by atoms with van der Waals surface area (Å²) in [5.74, 6) is 0.531. The molecule has 0 saturated carbocycles. The number of amides is 1. The summed E-state index contributed by atoms with van der Waals surface area (Å²) in [6.45, 7) is 6.60. The molecule has 1 amide bonds. The van der Waals surface area contributed by atoms with Crippen molar-refractivity contribution in [1.29, 1.82) is 0 Å². The summed E-state index contributed by atoms with van der Waals surface area (Å²) in [5, 5.41) is 10.2. The second kappa shape index (κ2) is 7.80. The molecule has 0 bridgehead atoms. The fourth-order valence-electron chi connectivity index (χ4n) is 3.93. The second-order valence-electron chi connectivity index (χ2n) is 7.09. The molecular weight excluding hydrogens is 324 g/mol. The number of carbonyl (C=O) groups excluding carboxylic acids is 1. The van der Waals surface area contributed by atoms with Gasteiger partial charge in [0.15, 0.2) is 5.13 Å². The predicted molar refractivity (Wildman–Crippen MR) is 96.1 cm³/mol. The third-order valence-corrected chi connectivity index (χ3v) is 6.27. The van der Waals surface area contributed by atoms with Crippen LogP contribution >= 0.6 is 11.3 Å². The molecule has 1 aromatic heterocycles. The summed E-state index contributed by atoms with van der Waals surface area (Å²) in [4.78, 5) is 22.0. The Morgan fingerprint density at radius 2 is 1.92 bits per heavy atom. The highest BCUT2D eigenvalue weighted by Crippen LogP contribution is 2.29. The lowest BCUT2D eigenvalue weighted by atomic mass is 9.96. The number of carbonyl (C=O) groups is 1. The van der Waals surface area contributed by atoms with Gasteiger partial charge in [-0.15, -0.1) is 0 Å². The Labute approximate surface area is 147 Å². The summed E-state index contributed by atoms with van der Waals surface area (Å²) in [5.41, 5.74) is 6.43. The van der Waals surface area contributed by atoms with Gasteiger partial charge in [-0.3, -0.25) is 4.79 Å². The Bertz CT molecular complexity index is 569. The summed E-state index contributed by atoms with van der Waals surface area (Å²) in [6.07, 6.45) is 5.17. The number of nitrogens with two attached hydrogens (primary N) is 1. The zero-order valence-electron chi connectivity index (χ0n) is 14.4. The lowest BCUT2D eigenvalue weighted by Crippen LogP contribution is -2.35. The van der Waals surface area contributed by atoms with Crippen molar-refractivity contribution in [2.75, 3.05) is 45.1 Å². The first kappa shape index (κ1) is 17.6. The average molecular weight is 353 g/mol. The molecule has 2 aliphatic heterocycles. The number of aliphatic hydroxyl groups is 1. The van der Waals surface area contributed by atoms with Crippen molar-refractivity contribution in [2.45, 2.75) is 32.6 Å². The molecule has 2 fully saturated rings. The first-order valence-electron chi connectivity index (χ1n) is 8.94. The van der Waals surface area contributed by atoms with Crippen molar-refractivity contribution >= 4 is 22.4 Å². The average Bonchev–Trinajstić information content (AvgIpc) is 3.00. The maximum atomic E-state index is 12.8. The van der Waals surface area contributed by atoms with Crippen molar-refractivity contribution in [3.63, 3.8) is 0 Å². The van der Waals surface area contributed by atoms with E-state index in [0.717, 1.165) is 26.2 Å². The quantitative estimate of drug-likeness (QED) is 0.860. The predicted octanol–water partition coefficient (Wildman–Crippen LogP) is 1.59. The van der Waals surface area contributed by atoms with Crippen LogP contribution < -0.4 is 5.73 Å². The van der Waals surface area contributed by atoms with Crippen LogP contribution in [0.15, 0.2) is 0 Å². The highest BCUT2D eigenvalue weighted by molar-refractivity contribution is 7.17. The van der Waals surface area contributed by atoms with Crippen molar-refractivity contribution in [1.82, 2.24) is 14.8 Å². The first-order chi connectivity index (χ1) is 11.6. The third kappa shape index (κ3) is 3.90. The van der Waals surface area contributed by atoms with Gasteiger partial charge in [-0.1, -0.05) is 24.2 Å². The number of anilines is 1. The highest BCUT2D eigenvalue weighted by atomic mass is 32.1. The molecule has 0 aliphatic carbocycles. The molecule has 0 radical (unpaired) electrons. The number of aromatic nitrogens is 1. The van der Waals surface area contributed by atoms with E-state index >= 15 is 0 Å². The number of aryl methyl sites for hydroxylation is 1. The SMILES string of the molecule is Cc1nc(N)sc1C(=O)N1C[C@@H](CN2CCCCCC2)[C@@H](CO)C1. The van der Waals surface area contributed by atoms with Crippen LogP contribution in [-0.2, 0) is 0 Å². The largest absolute Gasteiger partial charge is 0.396 e. The molecule has 6 nitrogen and oxygen atoms in total. The Kier molecular flexibility index (Phi) is 5.73. The smallest absolute Gasteiger partial charge is 0.265 e. The molecule has 2 aliphatic rings. The molecule has 0 spiro atoms. The van der Waals surface area contributed by atoms with Crippen molar-refractivity contribution in [3.05, 3.63) is 10.6 Å². The molecule has 3 rings (SSSR count). The summed E-state index contributed by atoms with van der Waals surface area (Å²) in [6, 6.07) is 0. The van der Waals surface area contributed by atoms with Crippen LogP contribution in [0.3, 0.4) is 0 Å². The molecule has 3 heterocycles. The van der Waals surface area contributed by atoms with Crippen molar-refractivity contribution in [3.8, 4) is 0 Å².